The van der Waals surface area contributed by atoms with Crippen LogP contribution < -0.4 is 9.47 Å². The average Bonchev–Trinajstić information content (AvgIpc) is 2.61. The van der Waals surface area contributed by atoms with Gasteiger partial charge in [0.05, 0.1) is 26.2 Å². The van der Waals surface area contributed by atoms with Crippen molar-refractivity contribution >= 4 is 16.9 Å². The molecule has 0 radical (unpaired) electrons. The largest absolute Gasteiger partial charge is 0.493 e. The number of nitrogens with zero attached hydrogens (tertiary/aromatic N) is 1. The maximum absolute atomic E-state index is 11.0. The Hall–Kier alpha value is -2.17. The predicted molar refractivity (Wildman–Crippen MR) is 72.1 cm³/mol. The maximum atomic E-state index is 11.0. The Morgan fingerprint density at radius 2 is 1.84 bits per heavy atom. The number of carbonyl (C=O) groups is 1. The van der Waals surface area contributed by atoms with Gasteiger partial charge in [0.15, 0.2) is 11.5 Å². The van der Waals surface area contributed by atoms with Crippen molar-refractivity contribution in [3.8, 4) is 11.5 Å². The summed E-state index contributed by atoms with van der Waals surface area (Å²) in [6.45, 7) is 1.91. The SMILES string of the molecule is COc1cc2c(CC(=O)O)c(C)n(C)c2cc1OC. The molecule has 1 aromatic heterocycles. The van der Waals surface area contributed by atoms with E-state index >= 15 is 0 Å². The molecule has 0 spiro atoms. The molecule has 0 saturated carbocycles. The van der Waals surface area contributed by atoms with Crippen molar-refractivity contribution in [2.75, 3.05) is 14.2 Å². The number of benzene rings is 1. The lowest BCUT2D eigenvalue weighted by atomic mass is 10.1. The number of aliphatic carboxylic acids is 1. The van der Waals surface area contributed by atoms with Crippen LogP contribution in [-0.2, 0) is 18.3 Å². The Bertz CT molecular complexity index is 643. The highest BCUT2D eigenvalue weighted by Crippen LogP contribution is 2.36. The fourth-order valence-corrected chi connectivity index (χ4v) is 2.34. The van der Waals surface area contributed by atoms with Crippen LogP contribution in [-0.4, -0.2) is 29.9 Å². The number of rotatable bonds is 4. The maximum Gasteiger partial charge on any atom is 0.307 e. The Balaban J connectivity index is 2.76. The first-order chi connectivity index (χ1) is 8.99. The fourth-order valence-electron chi connectivity index (χ4n) is 2.34. The van der Waals surface area contributed by atoms with Crippen molar-refractivity contribution in [3.05, 3.63) is 23.4 Å². The fraction of sp³-hybridized carbons (Fsp3) is 0.357. The average molecular weight is 263 g/mol. The Labute approximate surface area is 111 Å². The summed E-state index contributed by atoms with van der Waals surface area (Å²) in [6.07, 6.45) is -0.00133. The number of carboxylic acids is 1. The van der Waals surface area contributed by atoms with E-state index in [0.29, 0.717) is 11.5 Å². The number of aromatic nitrogens is 1. The van der Waals surface area contributed by atoms with Gasteiger partial charge in [0.1, 0.15) is 0 Å². The molecule has 0 aliphatic rings. The molecule has 0 bridgehead atoms. The third-order valence-electron chi connectivity index (χ3n) is 3.46. The van der Waals surface area contributed by atoms with Gasteiger partial charge in [-0.15, -0.1) is 0 Å². The van der Waals surface area contributed by atoms with Gasteiger partial charge < -0.3 is 19.1 Å². The topological polar surface area (TPSA) is 60.7 Å². The van der Waals surface area contributed by atoms with Crippen molar-refractivity contribution < 1.29 is 19.4 Å². The van der Waals surface area contributed by atoms with Gasteiger partial charge in [-0.25, -0.2) is 0 Å². The zero-order valence-electron chi connectivity index (χ0n) is 11.5. The first-order valence-electron chi connectivity index (χ1n) is 5.91. The highest BCUT2D eigenvalue weighted by atomic mass is 16.5. The molecule has 102 valence electrons. The van der Waals surface area contributed by atoms with Crippen LogP contribution in [0.4, 0.5) is 0 Å². The van der Waals surface area contributed by atoms with Crippen LogP contribution in [0.5, 0.6) is 11.5 Å². The quantitative estimate of drug-likeness (QED) is 0.918. The minimum atomic E-state index is -0.842. The van der Waals surface area contributed by atoms with Crippen LogP contribution in [0.3, 0.4) is 0 Å². The van der Waals surface area contributed by atoms with E-state index in [1.54, 1.807) is 14.2 Å². The number of aryl methyl sites for hydroxylation is 1. The summed E-state index contributed by atoms with van der Waals surface area (Å²) >= 11 is 0. The van der Waals surface area contributed by atoms with Gasteiger partial charge in [0.25, 0.3) is 0 Å². The van der Waals surface area contributed by atoms with Crippen LogP contribution in [0.2, 0.25) is 0 Å². The van der Waals surface area contributed by atoms with Crippen molar-refractivity contribution in [2.24, 2.45) is 7.05 Å². The van der Waals surface area contributed by atoms with E-state index in [2.05, 4.69) is 0 Å². The summed E-state index contributed by atoms with van der Waals surface area (Å²) in [7, 11) is 5.06. The van der Waals surface area contributed by atoms with Gasteiger partial charge >= 0.3 is 5.97 Å². The van der Waals surface area contributed by atoms with Gasteiger partial charge in [0.2, 0.25) is 0 Å². The van der Waals surface area contributed by atoms with Crippen LogP contribution in [0.25, 0.3) is 10.9 Å². The van der Waals surface area contributed by atoms with Crippen molar-refractivity contribution in [2.45, 2.75) is 13.3 Å². The molecule has 0 saturated heterocycles. The Kier molecular flexibility index (Phi) is 3.38. The molecule has 2 aromatic rings. The highest BCUT2D eigenvalue weighted by Gasteiger charge is 2.17. The van der Waals surface area contributed by atoms with Crippen LogP contribution >= 0.6 is 0 Å². The lowest BCUT2D eigenvalue weighted by Gasteiger charge is -2.08. The van der Waals surface area contributed by atoms with E-state index < -0.39 is 5.97 Å². The molecule has 2 rings (SSSR count). The highest BCUT2D eigenvalue weighted by molar-refractivity contribution is 5.91. The molecule has 19 heavy (non-hydrogen) atoms. The third kappa shape index (κ3) is 2.12. The van der Waals surface area contributed by atoms with E-state index in [-0.39, 0.29) is 6.42 Å². The van der Waals surface area contributed by atoms with E-state index in [1.807, 2.05) is 30.7 Å². The summed E-state index contributed by atoms with van der Waals surface area (Å²) in [5, 5.41) is 9.91. The Morgan fingerprint density at radius 1 is 1.26 bits per heavy atom. The van der Waals surface area contributed by atoms with Crippen molar-refractivity contribution in [1.29, 1.82) is 0 Å². The van der Waals surface area contributed by atoms with E-state index in [9.17, 15) is 4.79 Å². The van der Waals surface area contributed by atoms with Gasteiger partial charge in [-0.05, 0) is 18.6 Å². The second kappa shape index (κ2) is 4.84. The van der Waals surface area contributed by atoms with E-state index in [0.717, 1.165) is 22.2 Å². The van der Waals surface area contributed by atoms with Gasteiger partial charge in [-0.2, -0.15) is 0 Å². The molecule has 1 N–H and O–H groups in total. The smallest absolute Gasteiger partial charge is 0.307 e. The number of hydrogen-bond acceptors (Lipinski definition) is 3. The van der Waals surface area contributed by atoms with E-state index in [4.69, 9.17) is 14.6 Å². The number of hydrogen-bond donors (Lipinski definition) is 1. The molecule has 0 aliphatic carbocycles. The van der Waals surface area contributed by atoms with Gasteiger partial charge in [0, 0.05) is 24.2 Å². The molecular formula is C14H17NO4. The van der Waals surface area contributed by atoms with Crippen LogP contribution in [0.1, 0.15) is 11.3 Å². The molecule has 0 fully saturated rings. The van der Waals surface area contributed by atoms with Gasteiger partial charge in [-0.3, -0.25) is 4.79 Å². The second-order valence-electron chi connectivity index (χ2n) is 4.42. The molecule has 5 heteroatoms. The van der Waals surface area contributed by atoms with E-state index in [1.165, 1.54) is 0 Å². The van der Waals surface area contributed by atoms with Crippen LogP contribution in [0.15, 0.2) is 12.1 Å². The summed E-state index contributed by atoms with van der Waals surface area (Å²) in [6, 6.07) is 3.70. The lowest BCUT2D eigenvalue weighted by molar-refractivity contribution is -0.136. The molecule has 0 atom stereocenters. The third-order valence-corrected chi connectivity index (χ3v) is 3.46. The summed E-state index contributed by atoms with van der Waals surface area (Å²) in [4.78, 5) is 11.0. The minimum Gasteiger partial charge on any atom is -0.493 e. The number of ether oxygens (including phenoxy) is 2. The molecule has 1 heterocycles. The summed E-state index contributed by atoms with van der Waals surface area (Å²) in [5.41, 5.74) is 2.69. The second-order valence-corrected chi connectivity index (χ2v) is 4.42. The zero-order chi connectivity index (χ0) is 14.2. The first kappa shape index (κ1) is 13.3. The molecule has 5 nitrogen and oxygen atoms in total. The Morgan fingerprint density at radius 3 is 2.37 bits per heavy atom. The molecular weight excluding hydrogens is 246 g/mol. The molecule has 0 aliphatic heterocycles. The number of methoxy groups -OCH3 is 2. The monoisotopic (exact) mass is 263 g/mol. The molecule has 0 amide bonds. The first-order valence-corrected chi connectivity index (χ1v) is 5.91. The summed E-state index contributed by atoms with van der Waals surface area (Å²) in [5.74, 6) is 0.398. The van der Waals surface area contributed by atoms with Gasteiger partial charge in [-0.1, -0.05) is 0 Å². The number of fused-ring (bicyclic) bond motifs is 1. The summed E-state index contributed by atoms with van der Waals surface area (Å²) < 4.78 is 12.5. The van der Waals surface area contributed by atoms with Crippen molar-refractivity contribution in [1.82, 2.24) is 4.57 Å². The standard InChI is InChI=1S/C14H17NO4/c1-8-9(6-14(16)17)10-5-12(18-3)13(19-4)7-11(10)15(8)2/h5,7H,6H2,1-4H3,(H,16,17). The molecule has 1 aromatic carbocycles. The molecule has 0 unspecified atom stereocenters. The predicted octanol–water partition coefficient (Wildman–Crippen LogP) is 2.13. The number of carboxylic acid groups (broad SMARTS) is 1. The zero-order valence-corrected chi connectivity index (χ0v) is 11.5. The lowest BCUT2D eigenvalue weighted by Crippen LogP contribution is -2.01. The minimum absolute atomic E-state index is 0.00133. The normalized spacial score (nSPS) is 10.7. The van der Waals surface area contributed by atoms with Crippen molar-refractivity contribution in [3.63, 3.8) is 0 Å². The van der Waals surface area contributed by atoms with Crippen LogP contribution in [0, 0.1) is 6.92 Å².